The van der Waals surface area contributed by atoms with Crippen molar-refractivity contribution in [2.24, 2.45) is 0 Å². The molecule has 0 radical (unpaired) electrons. The van der Waals surface area contributed by atoms with Gasteiger partial charge in [0.2, 0.25) is 0 Å². The van der Waals surface area contributed by atoms with Crippen LogP contribution in [-0.4, -0.2) is 9.55 Å². The summed E-state index contributed by atoms with van der Waals surface area (Å²) in [6.07, 6.45) is 0.888. The van der Waals surface area contributed by atoms with Crippen LogP contribution >= 0.6 is 23.2 Å². The number of benzene rings is 1. The molecule has 104 valence electrons. The van der Waals surface area contributed by atoms with Gasteiger partial charge >= 0.3 is 0 Å². The number of alkyl halides is 1. The van der Waals surface area contributed by atoms with E-state index >= 15 is 0 Å². The van der Waals surface area contributed by atoms with Gasteiger partial charge in [-0.05, 0) is 33.3 Å². The largest absolute Gasteiger partial charge is 0.321 e. The summed E-state index contributed by atoms with van der Waals surface area (Å²) in [6, 6.07) is 2.99. The minimum atomic E-state index is -0.434. The number of aromatic nitrogens is 2. The summed E-state index contributed by atoms with van der Waals surface area (Å²) in [5, 5.41) is -0.166. The number of fused-ring (bicyclic) bond motifs is 1. The summed E-state index contributed by atoms with van der Waals surface area (Å²) in [6.45, 7) is 8.12. The lowest BCUT2D eigenvalue weighted by Crippen LogP contribution is -2.27. The van der Waals surface area contributed by atoms with Gasteiger partial charge in [0.1, 0.15) is 11.6 Å². The molecular formula is C14H17Cl2FN2. The van der Waals surface area contributed by atoms with Crippen LogP contribution in [0.4, 0.5) is 4.39 Å². The van der Waals surface area contributed by atoms with E-state index in [-0.39, 0.29) is 15.9 Å². The fourth-order valence-corrected chi connectivity index (χ4v) is 2.46. The Morgan fingerprint density at radius 1 is 1.42 bits per heavy atom. The molecule has 0 aliphatic rings. The Bertz CT molecular complexity index is 617. The number of hydrogen-bond donors (Lipinski definition) is 0. The third-order valence-electron chi connectivity index (χ3n) is 3.55. The lowest BCUT2D eigenvalue weighted by Gasteiger charge is -2.28. The van der Waals surface area contributed by atoms with Gasteiger partial charge < -0.3 is 4.57 Å². The molecule has 1 aromatic heterocycles. The summed E-state index contributed by atoms with van der Waals surface area (Å²) >= 11 is 12.0. The average molecular weight is 303 g/mol. The van der Waals surface area contributed by atoms with Gasteiger partial charge in [0, 0.05) is 11.6 Å². The predicted molar refractivity (Wildman–Crippen MR) is 78.6 cm³/mol. The molecule has 2 nitrogen and oxygen atoms in total. The molecule has 0 amide bonds. The Morgan fingerprint density at radius 3 is 2.58 bits per heavy atom. The SMILES string of the molecule is CCC(C)(C)n1c(C(C)Cl)nc2cc(Cl)c(F)cc21. The van der Waals surface area contributed by atoms with Crippen LogP contribution in [-0.2, 0) is 5.54 Å². The monoisotopic (exact) mass is 302 g/mol. The van der Waals surface area contributed by atoms with Crippen LogP contribution in [0.3, 0.4) is 0 Å². The average Bonchev–Trinajstić information content (AvgIpc) is 2.69. The Labute approximate surface area is 122 Å². The molecule has 0 fully saturated rings. The summed E-state index contributed by atoms with van der Waals surface area (Å²) in [4.78, 5) is 4.51. The normalized spacial score (nSPS) is 14.1. The number of nitrogens with zero attached hydrogens (tertiary/aromatic N) is 2. The van der Waals surface area contributed by atoms with Crippen molar-refractivity contribution in [2.45, 2.75) is 45.0 Å². The van der Waals surface area contributed by atoms with Crippen molar-refractivity contribution in [3.05, 3.63) is 28.8 Å². The fourth-order valence-electron chi connectivity index (χ4n) is 2.15. The van der Waals surface area contributed by atoms with E-state index in [1.54, 1.807) is 6.07 Å². The maximum Gasteiger partial charge on any atom is 0.144 e. The van der Waals surface area contributed by atoms with Crippen LogP contribution in [0.5, 0.6) is 0 Å². The standard InChI is InChI=1S/C14H17Cl2FN2/c1-5-14(3,4)19-12-7-10(17)9(16)6-11(12)18-13(19)8(2)15/h6-8H,5H2,1-4H3. The molecule has 0 aliphatic carbocycles. The highest BCUT2D eigenvalue weighted by atomic mass is 35.5. The van der Waals surface area contributed by atoms with Crippen LogP contribution in [0.15, 0.2) is 12.1 Å². The molecule has 1 aromatic carbocycles. The second-order valence-corrected chi connectivity index (χ2v) is 6.40. The molecule has 0 aliphatic heterocycles. The number of hydrogen-bond acceptors (Lipinski definition) is 1. The third-order valence-corrected chi connectivity index (χ3v) is 4.03. The zero-order valence-corrected chi connectivity index (χ0v) is 13.0. The molecule has 0 saturated carbocycles. The lowest BCUT2D eigenvalue weighted by molar-refractivity contribution is 0.341. The highest BCUT2D eigenvalue weighted by molar-refractivity contribution is 6.31. The molecular weight excluding hydrogens is 286 g/mol. The molecule has 2 rings (SSSR count). The topological polar surface area (TPSA) is 17.8 Å². The minimum absolute atomic E-state index is 0.0835. The smallest absolute Gasteiger partial charge is 0.144 e. The van der Waals surface area contributed by atoms with Crippen molar-refractivity contribution in [2.75, 3.05) is 0 Å². The van der Waals surface area contributed by atoms with Crippen molar-refractivity contribution in [3.63, 3.8) is 0 Å². The van der Waals surface area contributed by atoms with Gasteiger partial charge in [-0.3, -0.25) is 0 Å². The fraction of sp³-hybridized carbons (Fsp3) is 0.500. The number of halogens is 3. The third kappa shape index (κ3) is 2.46. The van der Waals surface area contributed by atoms with Crippen LogP contribution < -0.4 is 0 Å². The second kappa shape index (κ2) is 4.95. The van der Waals surface area contributed by atoms with Gasteiger partial charge in [0.05, 0.1) is 21.4 Å². The highest BCUT2D eigenvalue weighted by Gasteiger charge is 2.26. The van der Waals surface area contributed by atoms with Gasteiger partial charge in [0.25, 0.3) is 0 Å². The summed E-state index contributed by atoms with van der Waals surface area (Å²) in [5.74, 6) is 0.307. The quantitative estimate of drug-likeness (QED) is 0.706. The predicted octanol–water partition coefficient (Wildman–Crippen LogP) is 5.27. The molecule has 1 unspecified atom stereocenters. The van der Waals surface area contributed by atoms with Gasteiger partial charge in [-0.2, -0.15) is 0 Å². The van der Waals surface area contributed by atoms with Crippen LogP contribution in [0.1, 0.15) is 45.3 Å². The van der Waals surface area contributed by atoms with E-state index in [4.69, 9.17) is 23.2 Å². The van der Waals surface area contributed by atoms with Crippen LogP contribution in [0, 0.1) is 5.82 Å². The molecule has 0 N–H and O–H groups in total. The van der Waals surface area contributed by atoms with Crippen molar-refractivity contribution < 1.29 is 4.39 Å². The van der Waals surface area contributed by atoms with Crippen molar-refractivity contribution in [1.82, 2.24) is 9.55 Å². The van der Waals surface area contributed by atoms with Gasteiger partial charge in [-0.25, -0.2) is 9.37 Å². The van der Waals surface area contributed by atoms with Crippen molar-refractivity contribution >= 4 is 34.2 Å². The Balaban J connectivity index is 2.84. The Morgan fingerprint density at radius 2 is 2.05 bits per heavy atom. The summed E-state index contributed by atoms with van der Waals surface area (Å²) < 4.78 is 15.7. The molecule has 1 heterocycles. The maximum absolute atomic E-state index is 13.7. The van der Waals surface area contributed by atoms with E-state index < -0.39 is 5.82 Å². The van der Waals surface area contributed by atoms with Gasteiger partial charge in [0.15, 0.2) is 0 Å². The molecule has 2 aromatic rings. The van der Waals surface area contributed by atoms with Crippen LogP contribution in [0.25, 0.3) is 11.0 Å². The van der Waals surface area contributed by atoms with Crippen LogP contribution in [0.2, 0.25) is 5.02 Å². The molecule has 19 heavy (non-hydrogen) atoms. The second-order valence-electron chi connectivity index (χ2n) is 5.34. The minimum Gasteiger partial charge on any atom is -0.321 e. The zero-order valence-electron chi connectivity index (χ0n) is 11.5. The molecule has 1 atom stereocenters. The van der Waals surface area contributed by atoms with Crippen molar-refractivity contribution in [1.29, 1.82) is 0 Å². The molecule has 0 spiro atoms. The van der Waals surface area contributed by atoms with E-state index in [0.29, 0.717) is 5.52 Å². The van der Waals surface area contributed by atoms with Gasteiger partial charge in [-0.15, -0.1) is 11.6 Å². The zero-order chi connectivity index (χ0) is 14.4. The molecule has 0 saturated heterocycles. The van der Waals surface area contributed by atoms with E-state index in [9.17, 15) is 4.39 Å². The maximum atomic E-state index is 13.7. The molecule has 5 heteroatoms. The lowest BCUT2D eigenvalue weighted by atomic mass is 10.0. The Hall–Kier alpha value is -0.800. The first-order valence-electron chi connectivity index (χ1n) is 6.30. The highest BCUT2D eigenvalue weighted by Crippen LogP contribution is 2.34. The van der Waals surface area contributed by atoms with E-state index in [2.05, 4.69) is 25.8 Å². The van der Waals surface area contributed by atoms with E-state index in [1.807, 2.05) is 11.5 Å². The summed E-state index contributed by atoms with van der Waals surface area (Å²) in [7, 11) is 0. The number of imidazole rings is 1. The van der Waals surface area contributed by atoms with E-state index in [1.165, 1.54) is 6.07 Å². The first kappa shape index (κ1) is 14.6. The van der Waals surface area contributed by atoms with Gasteiger partial charge in [-0.1, -0.05) is 18.5 Å². The Kier molecular flexibility index (Phi) is 3.80. The van der Waals surface area contributed by atoms with E-state index in [0.717, 1.165) is 17.8 Å². The molecule has 0 bridgehead atoms. The van der Waals surface area contributed by atoms with Crippen molar-refractivity contribution in [3.8, 4) is 0 Å². The first-order chi connectivity index (χ1) is 8.77. The number of rotatable bonds is 3. The summed E-state index contributed by atoms with van der Waals surface area (Å²) in [5.41, 5.74) is 1.22. The first-order valence-corrected chi connectivity index (χ1v) is 7.11.